The van der Waals surface area contributed by atoms with E-state index < -0.39 is 11.8 Å². The van der Waals surface area contributed by atoms with Crippen molar-refractivity contribution in [2.24, 2.45) is 0 Å². The monoisotopic (exact) mass is 359 g/mol. The van der Waals surface area contributed by atoms with Crippen molar-refractivity contribution in [1.29, 1.82) is 0 Å². The van der Waals surface area contributed by atoms with Gasteiger partial charge in [0.05, 0.1) is 30.5 Å². The van der Waals surface area contributed by atoms with E-state index in [1.54, 1.807) is 24.3 Å². The fourth-order valence-electron chi connectivity index (χ4n) is 2.95. The Morgan fingerprint density at radius 3 is 2.85 bits per heavy atom. The minimum atomic E-state index is -0.529. The Kier molecular flexibility index (Phi) is 5.65. The molecular weight excluding hydrogens is 338 g/mol. The number of carbonyl (C=O) groups excluding carboxylic acids is 3. The van der Waals surface area contributed by atoms with Gasteiger partial charge in [0.15, 0.2) is 0 Å². The number of aliphatic hydroxyl groups excluding tert-OH is 1. The summed E-state index contributed by atoms with van der Waals surface area (Å²) in [4.78, 5) is 37.5. The van der Waals surface area contributed by atoms with Crippen molar-refractivity contribution in [3.63, 3.8) is 0 Å². The summed E-state index contributed by atoms with van der Waals surface area (Å²) in [7, 11) is 0. The summed E-state index contributed by atoms with van der Waals surface area (Å²) >= 11 is 0. The van der Waals surface area contributed by atoms with Crippen LogP contribution in [0.15, 0.2) is 36.0 Å². The van der Waals surface area contributed by atoms with Gasteiger partial charge >= 0.3 is 0 Å². The number of hydrogen-bond acceptors (Lipinski definition) is 6. The van der Waals surface area contributed by atoms with Gasteiger partial charge in [0.1, 0.15) is 5.70 Å². The second-order valence-corrected chi connectivity index (χ2v) is 6.09. The Labute approximate surface area is 150 Å². The van der Waals surface area contributed by atoms with Crippen molar-refractivity contribution in [2.45, 2.75) is 18.9 Å². The molecule has 0 radical (unpaired) electrons. The highest BCUT2D eigenvalue weighted by Gasteiger charge is 2.31. The molecule has 1 saturated heterocycles. The SMILES string of the molecule is O=C(NCC1CCCO1)c1ccccc1NC1=CC(=O)N(CCO)C1=O. The second-order valence-electron chi connectivity index (χ2n) is 6.09. The summed E-state index contributed by atoms with van der Waals surface area (Å²) in [6.07, 6.45) is 3.11. The Bertz CT molecular complexity index is 740. The van der Waals surface area contributed by atoms with E-state index in [0.717, 1.165) is 17.7 Å². The topological polar surface area (TPSA) is 108 Å². The number of benzene rings is 1. The van der Waals surface area contributed by atoms with Gasteiger partial charge in [-0.3, -0.25) is 19.3 Å². The minimum Gasteiger partial charge on any atom is -0.395 e. The standard InChI is InChI=1S/C18H21N3O5/c22-8-7-21-16(23)10-15(18(21)25)20-14-6-2-1-5-13(14)17(24)19-11-12-4-3-9-26-12/h1-2,5-6,10,12,20,22H,3-4,7-9,11H2,(H,19,24). The fourth-order valence-corrected chi connectivity index (χ4v) is 2.95. The summed E-state index contributed by atoms with van der Waals surface area (Å²) in [5.74, 6) is -1.31. The molecule has 3 N–H and O–H groups in total. The number of hydrogen-bond donors (Lipinski definition) is 3. The first-order valence-electron chi connectivity index (χ1n) is 8.54. The number of aliphatic hydroxyl groups is 1. The lowest BCUT2D eigenvalue weighted by atomic mass is 10.1. The van der Waals surface area contributed by atoms with Crippen molar-refractivity contribution in [1.82, 2.24) is 10.2 Å². The lowest BCUT2D eigenvalue weighted by Gasteiger charge is -2.16. The predicted molar refractivity (Wildman–Crippen MR) is 93.3 cm³/mol. The number of carbonyl (C=O) groups is 3. The number of rotatable bonds is 7. The molecule has 0 bridgehead atoms. The summed E-state index contributed by atoms with van der Waals surface area (Å²) in [5, 5.41) is 14.7. The number of imide groups is 1. The van der Waals surface area contributed by atoms with Crippen LogP contribution in [-0.2, 0) is 14.3 Å². The normalized spacial score (nSPS) is 19.7. The number of ether oxygens (including phenoxy) is 1. The van der Waals surface area contributed by atoms with Crippen LogP contribution >= 0.6 is 0 Å². The van der Waals surface area contributed by atoms with E-state index >= 15 is 0 Å². The van der Waals surface area contributed by atoms with Crippen LogP contribution in [0.2, 0.25) is 0 Å². The van der Waals surface area contributed by atoms with Crippen LogP contribution in [0.5, 0.6) is 0 Å². The lowest BCUT2D eigenvalue weighted by Crippen LogP contribution is -2.34. The Morgan fingerprint density at radius 1 is 1.31 bits per heavy atom. The van der Waals surface area contributed by atoms with Gasteiger partial charge < -0.3 is 20.5 Å². The molecule has 3 rings (SSSR count). The van der Waals surface area contributed by atoms with Crippen LogP contribution in [0.1, 0.15) is 23.2 Å². The molecule has 3 amide bonds. The fraction of sp³-hybridized carbons (Fsp3) is 0.389. The molecular formula is C18H21N3O5. The van der Waals surface area contributed by atoms with E-state index in [2.05, 4.69) is 10.6 Å². The van der Waals surface area contributed by atoms with E-state index in [-0.39, 0.29) is 30.9 Å². The number of amides is 3. The highest BCUT2D eigenvalue weighted by Crippen LogP contribution is 2.21. The third-order valence-electron chi connectivity index (χ3n) is 4.29. The molecule has 138 valence electrons. The average Bonchev–Trinajstić information content (AvgIpc) is 3.25. The van der Waals surface area contributed by atoms with E-state index in [1.807, 2.05) is 0 Å². The number of β-amino-alcohol motifs (C(OH)–C–C–N with tert-alkyl or cyclic N) is 1. The maximum absolute atomic E-state index is 12.5. The summed E-state index contributed by atoms with van der Waals surface area (Å²) in [5.41, 5.74) is 0.866. The van der Waals surface area contributed by atoms with Crippen molar-refractivity contribution in [3.8, 4) is 0 Å². The van der Waals surface area contributed by atoms with Crippen LogP contribution in [-0.4, -0.2) is 60.1 Å². The van der Waals surface area contributed by atoms with Gasteiger partial charge in [-0.25, -0.2) is 0 Å². The van der Waals surface area contributed by atoms with Crippen LogP contribution in [0.3, 0.4) is 0 Å². The molecule has 8 nitrogen and oxygen atoms in total. The third kappa shape index (κ3) is 3.92. The summed E-state index contributed by atoms with van der Waals surface area (Å²) < 4.78 is 5.49. The highest BCUT2D eigenvalue weighted by molar-refractivity contribution is 6.17. The van der Waals surface area contributed by atoms with E-state index in [0.29, 0.717) is 24.4 Å². The lowest BCUT2D eigenvalue weighted by molar-refractivity contribution is -0.137. The molecule has 2 heterocycles. The first kappa shape index (κ1) is 18.1. The molecule has 0 saturated carbocycles. The van der Waals surface area contributed by atoms with Crippen LogP contribution in [0.4, 0.5) is 5.69 Å². The molecule has 1 atom stereocenters. The van der Waals surface area contributed by atoms with E-state index in [1.165, 1.54) is 6.08 Å². The van der Waals surface area contributed by atoms with Crippen molar-refractivity contribution >= 4 is 23.4 Å². The largest absolute Gasteiger partial charge is 0.395 e. The predicted octanol–water partition coefficient (Wildman–Crippen LogP) is 0.252. The maximum Gasteiger partial charge on any atom is 0.277 e. The molecule has 2 aliphatic rings. The molecule has 1 aromatic carbocycles. The van der Waals surface area contributed by atoms with Gasteiger partial charge in [0.2, 0.25) is 0 Å². The zero-order valence-electron chi connectivity index (χ0n) is 14.2. The molecule has 1 fully saturated rings. The maximum atomic E-state index is 12.5. The first-order valence-corrected chi connectivity index (χ1v) is 8.54. The third-order valence-corrected chi connectivity index (χ3v) is 4.29. The molecule has 0 aliphatic carbocycles. The second kappa shape index (κ2) is 8.11. The van der Waals surface area contributed by atoms with Gasteiger partial charge in [-0.05, 0) is 25.0 Å². The number of nitrogens with one attached hydrogen (secondary N) is 2. The minimum absolute atomic E-state index is 0.0304. The zero-order valence-corrected chi connectivity index (χ0v) is 14.2. The molecule has 26 heavy (non-hydrogen) atoms. The molecule has 8 heteroatoms. The van der Waals surface area contributed by atoms with Gasteiger partial charge in [-0.15, -0.1) is 0 Å². The van der Waals surface area contributed by atoms with Crippen LogP contribution in [0, 0.1) is 0 Å². The molecule has 2 aliphatic heterocycles. The van der Waals surface area contributed by atoms with Crippen LogP contribution < -0.4 is 10.6 Å². The van der Waals surface area contributed by atoms with Crippen molar-refractivity contribution in [2.75, 3.05) is 31.6 Å². The van der Waals surface area contributed by atoms with Gasteiger partial charge in [-0.1, -0.05) is 12.1 Å². The first-order chi connectivity index (χ1) is 12.6. The van der Waals surface area contributed by atoms with Crippen molar-refractivity contribution < 1.29 is 24.2 Å². The van der Waals surface area contributed by atoms with Crippen molar-refractivity contribution in [3.05, 3.63) is 41.6 Å². The van der Waals surface area contributed by atoms with E-state index in [4.69, 9.17) is 9.84 Å². The van der Waals surface area contributed by atoms with Gasteiger partial charge in [0.25, 0.3) is 17.7 Å². The van der Waals surface area contributed by atoms with Gasteiger partial charge in [0, 0.05) is 19.2 Å². The van der Waals surface area contributed by atoms with Crippen LogP contribution in [0.25, 0.3) is 0 Å². The molecule has 0 aromatic heterocycles. The number of para-hydroxylation sites is 1. The van der Waals surface area contributed by atoms with E-state index in [9.17, 15) is 14.4 Å². The molecule has 1 aromatic rings. The summed E-state index contributed by atoms with van der Waals surface area (Å²) in [6, 6.07) is 6.75. The Morgan fingerprint density at radius 2 is 2.12 bits per heavy atom. The number of nitrogens with zero attached hydrogens (tertiary/aromatic N) is 1. The number of anilines is 1. The smallest absolute Gasteiger partial charge is 0.277 e. The molecule has 1 unspecified atom stereocenters. The Balaban J connectivity index is 1.69. The summed E-state index contributed by atoms with van der Waals surface area (Å²) in [6.45, 7) is 0.772. The molecule has 0 spiro atoms. The average molecular weight is 359 g/mol. The van der Waals surface area contributed by atoms with Gasteiger partial charge in [-0.2, -0.15) is 0 Å². The zero-order chi connectivity index (χ0) is 18.5. The highest BCUT2D eigenvalue weighted by atomic mass is 16.5. The Hall–Kier alpha value is -2.71. The quantitative estimate of drug-likeness (QED) is 0.603.